The van der Waals surface area contributed by atoms with E-state index in [1.54, 1.807) is 7.11 Å². The number of carbonyl (C=O) groups excluding carboxylic acids is 1. The second kappa shape index (κ2) is 6.88. The fourth-order valence-electron chi connectivity index (χ4n) is 1.93. The van der Waals surface area contributed by atoms with Crippen molar-refractivity contribution >= 4 is 5.78 Å². The summed E-state index contributed by atoms with van der Waals surface area (Å²) in [4.78, 5) is 11.9. The summed E-state index contributed by atoms with van der Waals surface area (Å²) in [6, 6.07) is 11.1. The molecule has 0 radical (unpaired) electrons. The summed E-state index contributed by atoms with van der Waals surface area (Å²) in [5.41, 5.74) is 1.55. The Labute approximate surface area is 123 Å². The average Bonchev–Trinajstić information content (AvgIpc) is 2.49. The average molecular weight is 288 g/mol. The monoisotopic (exact) mass is 288 g/mol. The Morgan fingerprint density at radius 3 is 2.48 bits per heavy atom. The number of carbonyl (C=O) groups is 1. The molecule has 0 N–H and O–H groups in total. The molecule has 0 fully saturated rings. The molecule has 0 saturated heterocycles. The molecule has 0 spiro atoms. The van der Waals surface area contributed by atoms with Gasteiger partial charge in [0.1, 0.15) is 5.82 Å². The van der Waals surface area contributed by atoms with Crippen LogP contribution < -0.4 is 9.47 Å². The Hall–Kier alpha value is -2.36. The largest absolute Gasteiger partial charge is 0.493 e. The zero-order valence-corrected chi connectivity index (χ0v) is 12.1. The lowest BCUT2D eigenvalue weighted by Gasteiger charge is -2.11. The smallest absolute Gasteiger partial charge is 0.166 e. The number of ketones is 1. The number of hydrogen-bond donors (Lipinski definition) is 0. The highest BCUT2D eigenvalue weighted by molar-refractivity contribution is 5.96. The topological polar surface area (TPSA) is 35.5 Å². The van der Waals surface area contributed by atoms with Gasteiger partial charge in [0, 0.05) is 12.0 Å². The molecule has 0 unspecified atom stereocenters. The van der Waals surface area contributed by atoms with E-state index in [1.165, 1.54) is 24.3 Å². The summed E-state index contributed by atoms with van der Waals surface area (Å²) in [6.45, 7) is 2.21. The molecule has 2 aromatic carbocycles. The fraction of sp³-hybridized carbons (Fsp3) is 0.235. The minimum Gasteiger partial charge on any atom is -0.493 e. The van der Waals surface area contributed by atoms with E-state index in [-0.39, 0.29) is 24.6 Å². The van der Waals surface area contributed by atoms with Gasteiger partial charge in [-0.05, 0) is 48.9 Å². The van der Waals surface area contributed by atoms with Crippen LogP contribution in [0.2, 0.25) is 0 Å². The first-order valence-corrected chi connectivity index (χ1v) is 6.66. The van der Waals surface area contributed by atoms with Gasteiger partial charge in [0.15, 0.2) is 17.3 Å². The lowest BCUT2D eigenvalue weighted by atomic mass is 10.1. The van der Waals surface area contributed by atoms with Gasteiger partial charge in [-0.3, -0.25) is 4.79 Å². The molecule has 2 rings (SSSR count). The van der Waals surface area contributed by atoms with Crippen LogP contribution in [-0.4, -0.2) is 19.5 Å². The van der Waals surface area contributed by atoms with Gasteiger partial charge in [-0.1, -0.05) is 6.07 Å². The van der Waals surface area contributed by atoms with Crippen molar-refractivity contribution in [2.45, 2.75) is 13.3 Å². The van der Waals surface area contributed by atoms with Gasteiger partial charge in [-0.15, -0.1) is 0 Å². The predicted molar refractivity (Wildman–Crippen MR) is 78.6 cm³/mol. The first-order chi connectivity index (χ1) is 10.1. The van der Waals surface area contributed by atoms with Gasteiger partial charge in [0.2, 0.25) is 0 Å². The van der Waals surface area contributed by atoms with Crippen LogP contribution in [0.1, 0.15) is 22.3 Å². The minimum atomic E-state index is -0.354. The van der Waals surface area contributed by atoms with Crippen molar-refractivity contribution in [2.24, 2.45) is 0 Å². The molecule has 110 valence electrons. The van der Waals surface area contributed by atoms with Gasteiger partial charge >= 0.3 is 0 Å². The molecule has 0 heterocycles. The van der Waals surface area contributed by atoms with Crippen LogP contribution in [0, 0.1) is 12.7 Å². The van der Waals surface area contributed by atoms with E-state index in [2.05, 4.69) is 0 Å². The van der Waals surface area contributed by atoms with Crippen molar-refractivity contribution in [3.05, 3.63) is 59.4 Å². The Bertz CT molecular complexity index is 620. The van der Waals surface area contributed by atoms with Crippen molar-refractivity contribution in [2.75, 3.05) is 13.7 Å². The molecule has 0 bridgehead atoms. The van der Waals surface area contributed by atoms with Crippen molar-refractivity contribution in [3.63, 3.8) is 0 Å². The zero-order valence-electron chi connectivity index (χ0n) is 12.1. The molecule has 0 amide bonds. The molecule has 21 heavy (non-hydrogen) atoms. The quantitative estimate of drug-likeness (QED) is 0.759. The zero-order chi connectivity index (χ0) is 15.2. The Kier molecular flexibility index (Phi) is 4.93. The van der Waals surface area contributed by atoms with Crippen molar-refractivity contribution < 1.29 is 18.7 Å². The van der Waals surface area contributed by atoms with Gasteiger partial charge < -0.3 is 9.47 Å². The third-order valence-electron chi connectivity index (χ3n) is 3.07. The maximum Gasteiger partial charge on any atom is 0.166 e. The molecule has 0 aromatic heterocycles. The molecule has 0 aliphatic heterocycles. The SMILES string of the molecule is COc1cc(C)ccc1OCCC(=O)c1ccc(F)cc1. The maximum absolute atomic E-state index is 12.8. The second-order valence-corrected chi connectivity index (χ2v) is 4.68. The van der Waals surface area contributed by atoms with Crippen molar-refractivity contribution in [1.29, 1.82) is 0 Å². The van der Waals surface area contributed by atoms with E-state index in [4.69, 9.17) is 9.47 Å². The normalized spacial score (nSPS) is 10.2. The number of rotatable bonds is 6. The molecule has 3 nitrogen and oxygen atoms in total. The highest BCUT2D eigenvalue weighted by atomic mass is 19.1. The minimum absolute atomic E-state index is 0.0823. The van der Waals surface area contributed by atoms with Crippen LogP contribution in [0.15, 0.2) is 42.5 Å². The fourth-order valence-corrected chi connectivity index (χ4v) is 1.93. The number of Topliss-reactive ketones (excluding diaryl/α,β-unsaturated/α-hetero) is 1. The van der Waals surface area contributed by atoms with Crippen molar-refractivity contribution in [1.82, 2.24) is 0 Å². The van der Waals surface area contributed by atoms with Crippen molar-refractivity contribution in [3.8, 4) is 11.5 Å². The van der Waals surface area contributed by atoms with Gasteiger partial charge in [-0.2, -0.15) is 0 Å². The molecule has 0 atom stereocenters. The van der Waals surface area contributed by atoms with E-state index in [0.717, 1.165) is 5.56 Å². The van der Waals surface area contributed by atoms with E-state index in [9.17, 15) is 9.18 Å². The predicted octanol–water partition coefficient (Wildman–Crippen LogP) is 3.79. The summed E-state index contributed by atoms with van der Waals surface area (Å²) in [7, 11) is 1.57. The number of halogens is 1. The molecule has 2 aromatic rings. The Balaban J connectivity index is 1.92. The number of hydrogen-bond acceptors (Lipinski definition) is 3. The number of methoxy groups -OCH3 is 1. The summed E-state index contributed by atoms with van der Waals surface area (Å²) < 4.78 is 23.6. The van der Waals surface area contributed by atoms with E-state index in [1.807, 2.05) is 25.1 Å². The second-order valence-electron chi connectivity index (χ2n) is 4.68. The lowest BCUT2D eigenvalue weighted by Crippen LogP contribution is -2.07. The first kappa shape index (κ1) is 15.0. The molecule has 0 aliphatic carbocycles. The van der Waals surface area contributed by atoms with Crippen LogP contribution in [0.25, 0.3) is 0 Å². The molecule has 0 aliphatic rings. The highest BCUT2D eigenvalue weighted by Crippen LogP contribution is 2.27. The third kappa shape index (κ3) is 4.05. The maximum atomic E-state index is 12.8. The lowest BCUT2D eigenvalue weighted by molar-refractivity contribution is 0.0961. The molecular formula is C17H17FO3. The number of ether oxygens (including phenoxy) is 2. The Morgan fingerprint density at radius 1 is 1.10 bits per heavy atom. The third-order valence-corrected chi connectivity index (χ3v) is 3.07. The van der Waals surface area contributed by atoms with Crippen LogP contribution in [0.4, 0.5) is 4.39 Å². The van der Waals surface area contributed by atoms with Crippen LogP contribution in [-0.2, 0) is 0 Å². The molecule has 4 heteroatoms. The van der Waals surface area contributed by atoms with E-state index >= 15 is 0 Å². The Morgan fingerprint density at radius 2 is 1.81 bits per heavy atom. The van der Waals surface area contributed by atoms with Crippen LogP contribution in [0.3, 0.4) is 0 Å². The summed E-state index contributed by atoms with van der Waals surface area (Å²) >= 11 is 0. The van der Waals surface area contributed by atoms with Gasteiger partial charge in [0.05, 0.1) is 13.7 Å². The number of benzene rings is 2. The molecule has 0 saturated carbocycles. The highest BCUT2D eigenvalue weighted by Gasteiger charge is 2.08. The summed E-state index contributed by atoms with van der Waals surface area (Å²) in [5.74, 6) is 0.813. The summed E-state index contributed by atoms with van der Waals surface area (Å²) in [6.07, 6.45) is 0.225. The standard InChI is InChI=1S/C17H17FO3/c1-12-3-8-16(17(11-12)20-2)21-10-9-15(19)13-4-6-14(18)7-5-13/h3-8,11H,9-10H2,1-2H3. The van der Waals surface area contributed by atoms with Gasteiger partial charge in [-0.25, -0.2) is 4.39 Å². The van der Waals surface area contributed by atoms with E-state index in [0.29, 0.717) is 17.1 Å². The first-order valence-electron chi connectivity index (χ1n) is 6.66. The van der Waals surface area contributed by atoms with Crippen LogP contribution >= 0.6 is 0 Å². The molecular weight excluding hydrogens is 271 g/mol. The van der Waals surface area contributed by atoms with Gasteiger partial charge in [0.25, 0.3) is 0 Å². The van der Waals surface area contributed by atoms with E-state index < -0.39 is 0 Å². The number of aryl methyl sites for hydroxylation is 1. The van der Waals surface area contributed by atoms with Crippen LogP contribution in [0.5, 0.6) is 11.5 Å². The summed E-state index contributed by atoms with van der Waals surface area (Å²) in [5, 5.41) is 0.